The largest absolute Gasteiger partial charge is 0.465 e. The van der Waals surface area contributed by atoms with Crippen LogP contribution in [0.25, 0.3) is 0 Å². The number of rotatable bonds is 1. The van der Waals surface area contributed by atoms with Gasteiger partial charge in [0.05, 0.1) is 12.7 Å². The van der Waals surface area contributed by atoms with Crippen LogP contribution in [0, 0.1) is 11.8 Å². The highest BCUT2D eigenvalue weighted by Gasteiger charge is 2.38. The van der Waals surface area contributed by atoms with Crippen LogP contribution >= 0.6 is 0 Å². The number of hydrogen-bond acceptors (Lipinski definition) is 3. The van der Waals surface area contributed by atoms with Crippen molar-refractivity contribution in [2.24, 2.45) is 0 Å². The summed E-state index contributed by atoms with van der Waals surface area (Å²) < 4.78 is 4.74. The average molecular weight is 271 g/mol. The first kappa shape index (κ1) is 14.1. The number of ether oxygens (including phenoxy) is 1. The van der Waals surface area contributed by atoms with Crippen LogP contribution in [0.4, 0.5) is 5.69 Å². The standard InChI is InChI=1S/C16H17NO3/c1-5-6-14(18)17-10-16(2,3)12-9-11(15(19)20-4)7-8-13(12)17/h7-9H,10H2,1-4H3. The van der Waals surface area contributed by atoms with Crippen LogP contribution in [0.3, 0.4) is 0 Å². The van der Waals surface area contributed by atoms with Crippen LogP contribution in [-0.4, -0.2) is 25.5 Å². The van der Waals surface area contributed by atoms with Gasteiger partial charge in [0.1, 0.15) is 0 Å². The van der Waals surface area contributed by atoms with Crippen molar-refractivity contribution in [2.75, 3.05) is 18.6 Å². The zero-order valence-corrected chi connectivity index (χ0v) is 12.1. The molecule has 4 heteroatoms. The van der Waals surface area contributed by atoms with Crippen LogP contribution in [-0.2, 0) is 14.9 Å². The Morgan fingerprint density at radius 2 is 2.05 bits per heavy atom. The molecule has 0 bridgehead atoms. The summed E-state index contributed by atoms with van der Waals surface area (Å²) in [5, 5.41) is 0. The van der Waals surface area contributed by atoms with E-state index in [2.05, 4.69) is 11.8 Å². The summed E-state index contributed by atoms with van der Waals surface area (Å²) in [5.41, 5.74) is 2.06. The quantitative estimate of drug-likeness (QED) is 0.580. The molecule has 0 unspecified atom stereocenters. The predicted octanol–water partition coefficient (Wildman–Crippen LogP) is 2.12. The van der Waals surface area contributed by atoms with Gasteiger partial charge in [-0.1, -0.05) is 19.8 Å². The number of carbonyl (C=O) groups excluding carboxylic acids is 2. The molecule has 0 aromatic heterocycles. The van der Waals surface area contributed by atoms with E-state index < -0.39 is 0 Å². The van der Waals surface area contributed by atoms with Gasteiger partial charge in [-0.15, -0.1) is 0 Å². The molecule has 1 aliphatic heterocycles. The van der Waals surface area contributed by atoms with E-state index >= 15 is 0 Å². The molecule has 1 aliphatic rings. The van der Waals surface area contributed by atoms with Gasteiger partial charge in [0.2, 0.25) is 0 Å². The van der Waals surface area contributed by atoms with Crippen LogP contribution < -0.4 is 4.90 Å². The van der Waals surface area contributed by atoms with E-state index in [1.807, 2.05) is 13.8 Å². The highest BCUT2D eigenvalue weighted by Crippen LogP contribution is 2.40. The monoisotopic (exact) mass is 271 g/mol. The summed E-state index contributed by atoms with van der Waals surface area (Å²) >= 11 is 0. The van der Waals surface area contributed by atoms with E-state index in [4.69, 9.17) is 4.74 Å². The topological polar surface area (TPSA) is 46.6 Å². The molecule has 0 saturated heterocycles. The van der Waals surface area contributed by atoms with Gasteiger partial charge in [-0.3, -0.25) is 4.79 Å². The average Bonchev–Trinajstić information content (AvgIpc) is 2.70. The Hall–Kier alpha value is -2.28. The predicted molar refractivity (Wildman–Crippen MR) is 76.6 cm³/mol. The van der Waals surface area contributed by atoms with Gasteiger partial charge in [0, 0.05) is 17.6 Å². The third kappa shape index (κ3) is 2.27. The van der Waals surface area contributed by atoms with E-state index in [1.54, 1.807) is 30.0 Å². The first-order valence-electron chi connectivity index (χ1n) is 6.38. The second-order valence-electron chi connectivity index (χ2n) is 5.37. The Morgan fingerprint density at radius 1 is 1.35 bits per heavy atom. The summed E-state index contributed by atoms with van der Waals surface area (Å²) in [6.07, 6.45) is 0. The highest BCUT2D eigenvalue weighted by atomic mass is 16.5. The number of nitrogens with zero attached hydrogens (tertiary/aromatic N) is 1. The maximum absolute atomic E-state index is 12.0. The molecule has 0 atom stereocenters. The second-order valence-corrected chi connectivity index (χ2v) is 5.37. The zero-order valence-electron chi connectivity index (χ0n) is 12.1. The smallest absolute Gasteiger partial charge is 0.337 e. The third-order valence-corrected chi connectivity index (χ3v) is 3.47. The number of fused-ring (bicyclic) bond motifs is 1. The van der Waals surface area contributed by atoms with Crippen molar-refractivity contribution in [3.63, 3.8) is 0 Å². The fraction of sp³-hybridized carbons (Fsp3) is 0.375. The molecule has 1 heterocycles. The lowest BCUT2D eigenvalue weighted by atomic mass is 9.86. The molecule has 2 rings (SSSR count). The highest BCUT2D eigenvalue weighted by molar-refractivity contribution is 6.07. The summed E-state index contributed by atoms with van der Waals surface area (Å²) in [6, 6.07) is 5.26. The fourth-order valence-electron chi connectivity index (χ4n) is 2.48. The first-order chi connectivity index (χ1) is 9.40. The molecule has 4 nitrogen and oxygen atoms in total. The number of carbonyl (C=O) groups is 2. The number of amides is 1. The second kappa shape index (κ2) is 5.01. The zero-order chi connectivity index (χ0) is 14.9. The Morgan fingerprint density at radius 3 is 2.65 bits per heavy atom. The van der Waals surface area contributed by atoms with Crippen LogP contribution in [0.1, 0.15) is 36.7 Å². The molecule has 0 radical (unpaired) electrons. The lowest BCUT2D eigenvalue weighted by molar-refractivity contribution is -0.113. The number of esters is 1. The fourth-order valence-corrected chi connectivity index (χ4v) is 2.48. The summed E-state index contributed by atoms with van der Waals surface area (Å²) in [6.45, 7) is 6.28. The van der Waals surface area contributed by atoms with E-state index in [-0.39, 0.29) is 17.3 Å². The van der Waals surface area contributed by atoms with Gasteiger partial charge >= 0.3 is 11.9 Å². The van der Waals surface area contributed by atoms with Gasteiger partial charge in [-0.25, -0.2) is 4.79 Å². The molecule has 1 aromatic carbocycles. The van der Waals surface area contributed by atoms with E-state index in [9.17, 15) is 9.59 Å². The molecule has 0 saturated carbocycles. The molecule has 0 fully saturated rings. The molecule has 0 N–H and O–H groups in total. The van der Waals surface area contributed by atoms with Crippen molar-refractivity contribution in [3.05, 3.63) is 29.3 Å². The Bertz CT molecular complexity index is 635. The van der Waals surface area contributed by atoms with Crippen molar-refractivity contribution in [1.82, 2.24) is 0 Å². The van der Waals surface area contributed by atoms with Gasteiger partial charge < -0.3 is 9.64 Å². The maximum Gasteiger partial charge on any atom is 0.337 e. The van der Waals surface area contributed by atoms with Gasteiger partial charge in [0.15, 0.2) is 0 Å². The van der Waals surface area contributed by atoms with E-state index in [1.165, 1.54) is 7.11 Å². The van der Waals surface area contributed by atoms with Crippen molar-refractivity contribution < 1.29 is 14.3 Å². The first-order valence-corrected chi connectivity index (χ1v) is 6.38. The summed E-state index contributed by atoms with van der Waals surface area (Å²) in [7, 11) is 1.35. The SMILES string of the molecule is CC#CC(=O)N1CC(C)(C)c2cc(C(=O)OC)ccc21. The number of anilines is 1. The Labute approximate surface area is 118 Å². The lowest BCUT2D eigenvalue weighted by Gasteiger charge is -2.19. The molecule has 104 valence electrons. The minimum Gasteiger partial charge on any atom is -0.465 e. The minimum absolute atomic E-state index is 0.217. The van der Waals surface area contributed by atoms with E-state index in [0.29, 0.717) is 12.1 Å². The van der Waals surface area contributed by atoms with Crippen molar-refractivity contribution in [3.8, 4) is 11.8 Å². The van der Waals surface area contributed by atoms with E-state index in [0.717, 1.165) is 11.3 Å². The Kier molecular flexibility index (Phi) is 3.54. The molecular weight excluding hydrogens is 254 g/mol. The summed E-state index contributed by atoms with van der Waals surface area (Å²) in [4.78, 5) is 25.3. The van der Waals surface area contributed by atoms with Crippen LogP contribution in [0.5, 0.6) is 0 Å². The van der Waals surface area contributed by atoms with Crippen molar-refractivity contribution in [1.29, 1.82) is 0 Å². The molecule has 0 aliphatic carbocycles. The van der Waals surface area contributed by atoms with Crippen molar-refractivity contribution in [2.45, 2.75) is 26.2 Å². The van der Waals surface area contributed by atoms with Gasteiger partial charge in [-0.2, -0.15) is 0 Å². The molecule has 20 heavy (non-hydrogen) atoms. The molecule has 0 spiro atoms. The van der Waals surface area contributed by atoms with Gasteiger partial charge in [0.25, 0.3) is 0 Å². The molecular formula is C16H17NO3. The maximum atomic E-state index is 12.0. The third-order valence-electron chi connectivity index (χ3n) is 3.47. The normalized spacial score (nSPS) is 15.1. The molecule has 1 aromatic rings. The molecule has 1 amide bonds. The summed E-state index contributed by atoms with van der Waals surface area (Å²) in [5.74, 6) is 4.60. The minimum atomic E-state index is -0.373. The van der Waals surface area contributed by atoms with Crippen LogP contribution in [0.15, 0.2) is 18.2 Å². The van der Waals surface area contributed by atoms with Crippen molar-refractivity contribution >= 4 is 17.6 Å². The number of hydrogen-bond donors (Lipinski definition) is 0. The lowest BCUT2D eigenvalue weighted by Crippen LogP contribution is -2.32. The number of benzene rings is 1. The number of methoxy groups -OCH3 is 1. The van der Waals surface area contributed by atoms with Gasteiger partial charge in [-0.05, 0) is 36.6 Å². The van der Waals surface area contributed by atoms with Crippen LogP contribution in [0.2, 0.25) is 0 Å². The Balaban J connectivity index is 2.50.